The molecule has 2 aromatic rings. The summed E-state index contributed by atoms with van der Waals surface area (Å²) in [6, 6.07) is 15.2. The summed E-state index contributed by atoms with van der Waals surface area (Å²) in [6.07, 6.45) is 0.457. The number of carbonyl (C=O) groups excluding carboxylic acids is 2. The summed E-state index contributed by atoms with van der Waals surface area (Å²) in [7, 11) is 0. The topological polar surface area (TPSA) is 55.8 Å². The van der Waals surface area contributed by atoms with Gasteiger partial charge < -0.3 is 14.4 Å². The molecule has 0 aromatic heterocycles. The number of rotatable bonds is 7. The number of ether oxygens (including phenoxy) is 2. The number of halogens is 1. The van der Waals surface area contributed by atoms with E-state index in [-0.39, 0.29) is 24.1 Å². The number of benzene rings is 2. The molecule has 0 spiro atoms. The van der Waals surface area contributed by atoms with E-state index in [2.05, 4.69) is 12.1 Å². The van der Waals surface area contributed by atoms with Crippen molar-refractivity contribution in [3.63, 3.8) is 0 Å². The Morgan fingerprint density at radius 3 is 2.33 bits per heavy atom. The highest BCUT2D eigenvalue weighted by Gasteiger charge is 2.39. The van der Waals surface area contributed by atoms with Crippen LogP contribution < -0.4 is 0 Å². The monoisotopic (exact) mass is 515 g/mol. The van der Waals surface area contributed by atoms with E-state index in [1.807, 2.05) is 65.8 Å². The maximum absolute atomic E-state index is 14.9. The second-order valence-corrected chi connectivity index (χ2v) is 12.4. The van der Waals surface area contributed by atoms with E-state index in [4.69, 9.17) is 9.47 Å². The molecule has 0 unspecified atom stereocenters. The molecular weight excluding hydrogens is 477 g/mol. The molecule has 0 aliphatic carbocycles. The van der Waals surface area contributed by atoms with Crippen molar-refractivity contribution in [1.29, 1.82) is 0 Å². The second kappa shape index (κ2) is 11.7. The SMILES string of the molecule is CC(C)(C)OC(=O)[C@@H](Cc1cc(SCc2ccccc2)ccc1F)[C@H]1CCN(C(=O)OC(C)(C)C)C1. The highest BCUT2D eigenvalue weighted by molar-refractivity contribution is 7.98. The predicted octanol–water partition coefficient (Wildman–Crippen LogP) is 6.88. The smallest absolute Gasteiger partial charge is 0.410 e. The van der Waals surface area contributed by atoms with Gasteiger partial charge in [0.15, 0.2) is 0 Å². The predicted molar refractivity (Wildman–Crippen MR) is 141 cm³/mol. The van der Waals surface area contributed by atoms with Crippen molar-refractivity contribution in [2.45, 2.75) is 76.2 Å². The number of esters is 1. The van der Waals surface area contributed by atoms with Gasteiger partial charge in [-0.15, -0.1) is 11.8 Å². The van der Waals surface area contributed by atoms with Gasteiger partial charge in [0.25, 0.3) is 0 Å². The second-order valence-electron chi connectivity index (χ2n) is 11.3. The van der Waals surface area contributed by atoms with Crippen molar-refractivity contribution in [3.8, 4) is 0 Å². The molecule has 1 heterocycles. The van der Waals surface area contributed by atoms with Crippen LogP contribution >= 0.6 is 11.8 Å². The molecule has 1 fully saturated rings. The van der Waals surface area contributed by atoms with Crippen molar-refractivity contribution < 1.29 is 23.5 Å². The Hall–Kier alpha value is -2.54. The third kappa shape index (κ3) is 8.54. The van der Waals surface area contributed by atoms with Crippen LogP contribution in [0.5, 0.6) is 0 Å². The maximum atomic E-state index is 14.9. The molecule has 7 heteroatoms. The van der Waals surface area contributed by atoms with Crippen molar-refractivity contribution >= 4 is 23.8 Å². The van der Waals surface area contributed by atoms with E-state index < -0.39 is 23.2 Å². The summed E-state index contributed by atoms with van der Waals surface area (Å²) in [5, 5.41) is 0. The fourth-order valence-corrected chi connectivity index (χ4v) is 5.12. The number of carbonyl (C=O) groups is 2. The van der Waals surface area contributed by atoms with Crippen LogP contribution in [-0.2, 0) is 26.4 Å². The van der Waals surface area contributed by atoms with Gasteiger partial charge in [0, 0.05) is 23.7 Å². The molecule has 1 amide bonds. The minimum Gasteiger partial charge on any atom is -0.460 e. The first-order chi connectivity index (χ1) is 16.8. The van der Waals surface area contributed by atoms with Crippen LogP contribution in [0.1, 0.15) is 59.1 Å². The van der Waals surface area contributed by atoms with E-state index in [1.165, 1.54) is 11.6 Å². The summed E-state index contributed by atoms with van der Waals surface area (Å²) in [5.74, 6) is -0.641. The van der Waals surface area contributed by atoms with Crippen LogP contribution in [0.3, 0.4) is 0 Å². The minimum absolute atomic E-state index is 0.146. The van der Waals surface area contributed by atoms with Gasteiger partial charge in [-0.05, 0) is 89.6 Å². The van der Waals surface area contributed by atoms with E-state index in [0.29, 0.717) is 25.1 Å². The molecule has 1 aliphatic heterocycles. The number of hydrogen-bond donors (Lipinski definition) is 0. The zero-order chi connectivity index (χ0) is 26.5. The van der Waals surface area contributed by atoms with Crippen LogP contribution in [0.25, 0.3) is 0 Å². The van der Waals surface area contributed by atoms with Gasteiger partial charge in [0.2, 0.25) is 0 Å². The Morgan fingerprint density at radius 1 is 1.03 bits per heavy atom. The molecule has 2 atom stereocenters. The maximum Gasteiger partial charge on any atom is 0.410 e. The number of nitrogens with zero attached hydrogens (tertiary/aromatic N) is 1. The van der Waals surface area contributed by atoms with Crippen LogP contribution in [0.2, 0.25) is 0 Å². The first-order valence-electron chi connectivity index (χ1n) is 12.5. The molecule has 2 aromatic carbocycles. The molecule has 0 saturated carbocycles. The molecule has 0 bridgehead atoms. The Morgan fingerprint density at radius 2 is 1.69 bits per heavy atom. The molecule has 1 saturated heterocycles. The fourth-order valence-electron chi connectivity index (χ4n) is 4.20. The molecule has 36 heavy (non-hydrogen) atoms. The quantitative estimate of drug-likeness (QED) is 0.297. The van der Waals surface area contributed by atoms with Gasteiger partial charge in [-0.3, -0.25) is 4.79 Å². The lowest BCUT2D eigenvalue weighted by molar-refractivity contribution is -0.162. The molecular formula is C29H38FNO4S. The van der Waals surface area contributed by atoms with Crippen molar-refractivity contribution in [1.82, 2.24) is 4.90 Å². The summed E-state index contributed by atoms with van der Waals surface area (Å²) in [6.45, 7) is 11.8. The number of hydrogen-bond acceptors (Lipinski definition) is 5. The molecule has 3 rings (SSSR count). The van der Waals surface area contributed by atoms with Crippen molar-refractivity contribution in [2.24, 2.45) is 11.8 Å². The third-order valence-corrected chi connectivity index (χ3v) is 6.93. The first kappa shape index (κ1) is 28.0. The zero-order valence-electron chi connectivity index (χ0n) is 22.2. The van der Waals surface area contributed by atoms with Gasteiger partial charge >= 0.3 is 12.1 Å². The van der Waals surface area contributed by atoms with Crippen LogP contribution in [0.4, 0.5) is 9.18 Å². The summed E-state index contributed by atoms with van der Waals surface area (Å²) >= 11 is 1.63. The number of amides is 1. The average molecular weight is 516 g/mol. The Balaban J connectivity index is 1.77. The first-order valence-corrected chi connectivity index (χ1v) is 13.5. The molecule has 0 N–H and O–H groups in total. The Labute approximate surface area is 218 Å². The number of thioether (sulfide) groups is 1. The van der Waals surface area contributed by atoms with Gasteiger partial charge in [-0.25, -0.2) is 9.18 Å². The highest BCUT2D eigenvalue weighted by atomic mass is 32.2. The standard InChI is InChI=1S/C29H38FNO4S/c1-28(2,3)34-26(32)24(21-14-15-31(18-21)27(33)35-29(4,5)6)17-22-16-23(12-13-25(22)30)36-19-20-10-8-7-9-11-20/h7-13,16,21,24H,14-15,17-19H2,1-6H3/t21-,24-/m0/s1. The van der Waals surface area contributed by atoms with Crippen LogP contribution in [-0.4, -0.2) is 41.3 Å². The Kier molecular flexibility index (Phi) is 9.09. The normalized spacial score (nSPS) is 17.1. The van der Waals surface area contributed by atoms with Gasteiger partial charge in [-0.1, -0.05) is 30.3 Å². The van der Waals surface area contributed by atoms with E-state index in [1.54, 1.807) is 22.7 Å². The van der Waals surface area contributed by atoms with E-state index in [9.17, 15) is 14.0 Å². The molecule has 0 radical (unpaired) electrons. The average Bonchev–Trinajstić information content (AvgIpc) is 3.26. The minimum atomic E-state index is -0.662. The fraction of sp³-hybridized carbons (Fsp3) is 0.517. The van der Waals surface area contributed by atoms with E-state index >= 15 is 0 Å². The largest absolute Gasteiger partial charge is 0.460 e. The lowest BCUT2D eigenvalue weighted by atomic mass is 9.85. The highest BCUT2D eigenvalue weighted by Crippen LogP contribution is 2.33. The Bertz CT molecular complexity index is 1050. The van der Waals surface area contributed by atoms with Crippen LogP contribution in [0.15, 0.2) is 53.4 Å². The van der Waals surface area contributed by atoms with Crippen molar-refractivity contribution in [3.05, 3.63) is 65.5 Å². The van der Waals surface area contributed by atoms with Crippen molar-refractivity contribution in [2.75, 3.05) is 13.1 Å². The number of likely N-dealkylation sites (tertiary alicyclic amines) is 1. The molecule has 5 nitrogen and oxygen atoms in total. The molecule has 1 aliphatic rings. The van der Waals surface area contributed by atoms with Gasteiger partial charge in [0.05, 0.1) is 5.92 Å². The lowest BCUT2D eigenvalue weighted by Crippen LogP contribution is -2.38. The summed E-state index contributed by atoms with van der Waals surface area (Å²) in [5.41, 5.74) is 0.415. The zero-order valence-corrected chi connectivity index (χ0v) is 23.0. The van der Waals surface area contributed by atoms with Gasteiger partial charge in [-0.2, -0.15) is 0 Å². The lowest BCUT2D eigenvalue weighted by Gasteiger charge is -2.28. The third-order valence-electron chi connectivity index (χ3n) is 5.86. The van der Waals surface area contributed by atoms with Crippen LogP contribution in [0, 0.1) is 17.7 Å². The van der Waals surface area contributed by atoms with Gasteiger partial charge in [0.1, 0.15) is 17.0 Å². The van der Waals surface area contributed by atoms with E-state index in [0.717, 1.165) is 10.6 Å². The summed E-state index contributed by atoms with van der Waals surface area (Å²) < 4.78 is 26.2. The summed E-state index contributed by atoms with van der Waals surface area (Å²) in [4.78, 5) is 28.5. The molecule has 196 valence electrons.